The van der Waals surface area contributed by atoms with Crippen molar-refractivity contribution in [2.75, 3.05) is 26.2 Å². The van der Waals surface area contributed by atoms with E-state index in [0.717, 1.165) is 21.5 Å². The maximum atomic E-state index is 13.2. The third kappa shape index (κ3) is 4.14. The molecular weight excluding hydrogens is 455 g/mol. The number of benzene rings is 2. The lowest BCUT2D eigenvalue weighted by molar-refractivity contribution is 0.0536. The Labute approximate surface area is 199 Å². The van der Waals surface area contributed by atoms with Crippen molar-refractivity contribution in [1.82, 2.24) is 19.6 Å². The van der Waals surface area contributed by atoms with E-state index in [9.17, 15) is 19.1 Å². The maximum Gasteiger partial charge on any atom is 0.264 e. The van der Waals surface area contributed by atoms with Crippen molar-refractivity contribution < 1.29 is 19.1 Å². The van der Waals surface area contributed by atoms with E-state index >= 15 is 0 Å². The molecule has 0 bridgehead atoms. The lowest BCUT2D eigenvalue weighted by Crippen LogP contribution is -2.50. The molecule has 0 unspecified atom stereocenters. The number of halogens is 1. The summed E-state index contributed by atoms with van der Waals surface area (Å²) in [6, 6.07) is 14.7. The van der Waals surface area contributed by atoms with Gasteiger partial charge in [0.15, 0.2) is 0 Å². The summed E-state index contributed by atoms with van der Waals surface area (Å²) in [7, 11) is 0. The van der Waals surface area contributed by atoms with Crippen LogP contribution in [0.5, 0.6) is 5.75 Å². The van der Waals surface area contributed by atoms with Crippen molar-refractivity contribution >= 4 is 33.4 Å². The SMILES string of the molecule is Cc1nn(Cc2ccc(F)cc2)c2sc(C(=O)N3CCN(C(=O)c4ccccc4O)CC3)cc12. The Kier molecular flexibility index (Phi) is 5.79. The van der Waals surface area contributed by atoms with Gasteiger partial charge in [-0.2, -0.15) is 5.10 Å². The number of phenolic OH excluding ortho intramolecular Hbond substituents is 1. The highest BCUT2D eigenvalue weighted by Crippen LogP contribution is 2.30. The van der Waals surface area contributed by atoms with Crippen molar-refractivity contribution in [1.29, 1.82) is 0 Å². The zero-order valence-corrected chi connectivity index (χ0v) is 19.4. The molecule has 4 aromatic rings. The number of carbonyl (C=O) groups excluding carboxylic acids is 2. The number of para-hydroxylation sites is 1. The normalized spacial score (nSPS) is 14.1. The van der Waals surface area contributed by atoms with Crippen LogP contribution in [0, 0.1) is 12.7 Å². The summed E-state index contributed by atoms with van der Waals surface area (Å²) in [5, 5.41) is 15.5. The smallest absolute Gasteiger partial charge is 0.264 e. The lowest BCUT2D eigenvalue weighted by Gasteiger charge is -2.34. The van der Waals surface area contributed by atoms with Crippen LogP contribution in [0.3, 0.4) is 0 Å². The topological polar surface area (TPSA) is 78.7 Å². The molecule has 34 heavy (non-hydrogen) atoms. The van der Waals surface area contributed by atoms with Gasteiger partial charge in [-0.1, -0.05) is 24.3 Å². The van der Waals surface area contributed by atoms with Crippen molar-refractivity contribution in [3.05, 3.63) is 82.1 Å². The summed E-state index contributed by atoms with van der Waals surface area (Å²) < 4.78 is 15.1. The molecule has 3 heterocycles. The molecule has 174 valence electrons. The molecule has 5 rings (SSSR count). The van der Waals surface area contributed by atoms with Gasteiger partial charge in [-0.05, 0) is 42.8 Å². The molecule has 0 atom stereocenters. The standard InChI is InChI=1S/C25H23FN4O3S/c1-16-20-14-22(34-25(20)30(27-16)15-17-6-8-18(26)9-7-17)24(33)29-12-10-28(11-13-29)23(32)19-4-2-3-5-21(19)31/h2-9,14,31H,10-13,15H2,1H3. The fourth-order valence-electron chi connectivity index (χ4n) is 4.18. The number of rotatable bonds is 4. The minimum atomic E-state index is -0.281. The molecule has 2 amide bonds. The summed E-state index contributed by atoms with van der Waals surface area (Å²) in [5.74, 6) is -0.620. The number of aromatic nitrogens is 2. The minimum absolute atomic E-state index is 0.0404. The molecule has 1 N–H and O–H groups in total. The van der Waals surface area contributed by atoms with Gasteiger partial charge in [0.05, 0.1) is 22.7 Å². The van der Waals surface area contributed by atoms with Gasteiger partial charge >= 0.3 is 0 Å². The second kappa shape index (κ2) is 8.90. The van der Waals surface area contributed by atoms with Crippen molar-refractivity contribution in [3.63, 3.8) is 0 Å². The third-order valence-electron chi connectivity index (χ3n) is 6.05. The molecule has 0 aliphatic carbocycles. The fourth-order valence-corrected chi connectivity index (χ4v) is 5.31. The molecule has 9 heteroatoms. The van der Waals surface area contributed by atoms with Gasteiger partial charge in [0.25, 0.3) is 11.8 Å². The Morgan fingerprint density at radius 3 is 2.32 bits per heavy atom. The van der Waals surface area contributed by atoms with E-state index in [1.807, 2.05) is 17.7 Å². The molecule has 1 aliphatic heterocycles. The van der Waals surface area contributed by atoms with Crippen LogP contribution >= 0.6 is 11.3 Å². The number of aryl methyl sites for hydroxylation is 1. The highest BCUT2D eigenvalue weighted by molar-refractivity contribution is 7.20. The number of carbonyl (C=O) groups is 2. The molecule has 7 nitrogen and oxygen atoms in total. The second-order valence-corrected chi connectivity index (χ2v) is 9.33. The molecule has 1 aliphatic rings. The van der Waals surface area contributed by atoms with E-state index in [2.05, 4.69) is 5.10 Å². The first kappa shape index (κ1) is 22.1. The van der Waals surface area contributed by atoms with E-state index in [-0.39, 0.29) is 28.9 Å². The van der Waals surface area contributed by atoms with Crippen molar-refractivity contribution in [2.45, 2.75) is 13.5 Å². The van der Waals surface area contributed by atoms with Gasteiger partial charge in [0, 0.05) is 31.6 Å². The number of fused-ring (bicyclic) bond motifs is 1. The summed E-state index contributed by atoms with van der Waals surface area (Å²) in [6.45, 7) is 4.06. The molecule has 1 saturated heterocycles. The van der Waals surface area contributed by atoms with Gasteiger partial charge in [0.1, 0.15) is 16.4 Å². The summed E-state index contributed by atoms with van der Waals surface area (Å²) >= 11 is 1.40. The van der Waals surface area contributed by atoms with Crippen molar-refractivity contribution in [2.24, 2.45) is 0 Å². The number of piperazine rings is 1. The first-order valence-corrected chi connectivity index (χ1v) is 11.8. The van der Waals surface area contributed by atoms with Crippen LogP contribution in [0.4, 0.5) is 4.39 Å². The van der Waals surface area contributed by atoms with E-state index in [4.69, 9.17) is 0 Å². The molecule has 1 fully saturated rings. The maximum absolute atomic E-state index is 13.2. The Hall–Kier alpha value is -3.72. The number of hydrogen-bond donors (Lipinski definition) is 1. The molecule has 2 aromatic carbocycles. The third-order valence-corrected chi connectivity index (χ3v) is 7.19. The molecule has 0 spiro atoms. The summed E-state index contributed by atoms with van der Waals surface area (Å²) in [4.78, 5) is 30.9. The fraction of sp³-hybridized carbons (Fsp3) is 0.240. The van der Waals surface area contributed by atoms with Gasteiger partial charge in [-0.25, -0.2) is 4.39 Å². The monoisotopic (exact) mass is 478 g/mol. The molecule has 0 radical (unpaired) electrons. The van der Waals surface area contributed by atoms with Crippen LogP contribution in [-0.2, 0) is 6.54 Å². The largest absolute Gasteiger partial charge is 0.507 e. The van der Waals surface area contributed by atoms with Crippen LogP contribution in [0.25, 0.3) is 10.2 Å². The Balaban J connectivity index is 1.29. The number of hydrogen-bond acceptors (Lipinski definition) is 5. The minimum Gasteiger partial charge on any atom is -0.507 e. The highest BCUT2D eigenvalue weighted by Gasteiger charge is 2.28. The average Bonchev–Trinajstić information content (AvgIpc) is 3.41. The number of phenols is 1. The second-order valence-electron chi connectivity index (χ2n) is 8.30. The van der Waals surface area contributed by atoms with Crippen LogP contribution in [0.2, 0.25) is 0 Å². The van der Waals surface area contributed by atoms with Crippen LogP contribution in [-0.4, -0.2) is 62.7 Å². The van der Waals surface area contributed by atoms with Gasteiger partial charge in [-0.3, -0.25) is 14.3 Å². The zero-order valence-electron chi connectivity index (χ0n) is 18.6. The van der Waals surface area contributed by atoms with E-state index < -0.39 is 0 Å². The van der Waals surface area contributed by atoms with Crippen LogP contribution in [0.1, 0.15) is 31.3 Å². The highest BCUT2D eigenvalue weighted by atomic mass is 32.1. The van der Waals surface area contributed by atoms with Gasteiger partial charge in [0.2, 0.25) is 0 Å². The van der Waals surface area contributed by atoms with Crippen LogP contribution in [0.15, 0.2) is 54.6 Å². The lowest BCUT2D eigenvalue weighted by atomic mass is 10.1. The summed E-state index contributed by atoms with van der Waals surface area (Å²) in [6.07, 6.45) is 0. The first-order valence-electron chi connectivity index (χ1n) is 11.0. The van der Waals surface area contributed by atoms with Crippen LogP contribution < -0.4 is 0 Å². The predicted octanol–water partition coefficient (Wildman–Crippen LogP) is 3.90. The molecule has 2 aromatic heterocycles. The van der Waals surface area contributed by atoms with E-state index in [1.54, 1.807) is 40.1 Å². The van der Waals surface area contributed by atoms with E-state index in [0.29, 0.717) is 37.6 Å². The number of amides is 2. The molecule has 0 saturated carbocycles. The Bertz CT molecular complexity index is 1370. The number of thiophene rings is 1. The molecular formula is C25H23FN4O3S. The Morgan fingerprint density at radius 1 is 1.00 bits per heavy atom. The first-order chi connectivity index (χ1) is 16.4. The van der Waals surface area contributed by atoms with Gasteiger partial charge in [-0.15, -0.1) is 11.3 Å². The summed E-state index contributed by atoms with van der Waals surface area (Å²) in [5.41, 5.74) is 2.04. The number of aromatic hydroxyl groups is 1. The Morgan fingerprint density at radius 2 is 1.65 bits per heavy atom. The average molecular weight is 479 g/mol. The van der Waals surface area contributed by atoms with Crippen molar-refractivity contribution in [3.8, 4) is 5.75 Å². The predicted molar refractivity (Wildman–Crippen MR) is 128 cm³/mol. The number of nitrogens with zero attached hydrogens (tertiary/aromatic N) is 4. The quantitative estimate of drug-likeness (QED) is 0.483. The zero-order chi connectivity index (χ0) is 23.8. The van der Waals surface area contributed by atoms with E-state index in [1.165, 1.54) is 29.5 Å². The van der Waals surface area contributed by atoms with Gasteiger partial charge < -0.3 is 14.9 Å².